The van der Waals surface area contributed by atoms with Crippen LogP contribution >= 0.6 is 11.6 Å². The predicted molar refractivity (Wildman–Crippen MR) is 94.2 cm³/mol. The molecule has 0 aromatic heterocycles. The summed E-state index contributed by atoms with van der Waals surface area (Å²) in [4.78, 5) is 12.1. The van der Waals surface area contributed by atoms with Crippen molar-refractivity contribution in [3.8, 4) is 5.75 Å². The molecule has 2 aromatic carbocycles. The second kappa shape index (κ2) is 8.02. The van der Waals surface area contributed by atoms with Gasteiger partial charge in [0.2, 0.25) is 0 Å². The number of aryl methyl sites for hydroxylation is 2. The van der Waals surface area contributed by atoms with Crippen LogP contribution in [0.15, 0.2) is 42.5 Å². The highest BCUT2D eigenvalue weighted by atomic mass is 35.5. The van der Waals surface area contributed by atoms with Crippen molar-refractivity contribution >= 4 is 17.5 Å². The fraction of sp³-hybridized carbons (Fsp3) is 0.316. The molecule has 4 heteroatoms. The van der Waals surface area contributed by atoms with E-state index in [2.05, 4.69) is 11.4 Å². The summed E-state index contributed by atoms with van der Waals surface area (Å²) in [5.41, 5.74) is 3.38. The number of hydrogen-bond donors (Lipinski definition) is 1. The quantitative estimate of drug-likeness (QED) is 0.866. The fourth-order valence-corrected chi connectivity index (χ4v) is 2.51. The van der Waals surface area contributed by atoms with E-state index in [1.54, 1.807) is 6.92 Å². The molecule has 2 rings (SSSR count). The average Bonchev–Trinajstić information content (AvgIpc) is 2.48. The maximum atomic E-state index is 12.1. The van der Waals surface area contributed by atoms with Crippen LogP contribution in [0.3, 0.4) is 0 Å². The van der Waals surface area contributed by atoms with Gasteiger partial charge in [-0.3, -0.25) is 4.79 Å². The van der Waals surface area contributed by atoms with E-state index < -0.39 is 6.10 Å². The van der Waals surface area contributed by atoms with Gasteiger partial charge >= 0.3 is 0 Å². The summed E-state index contributed by atoms with van der Waals surface area (Å²) in [6, 6.07) is 13.6. The molecule has 0 unspecified atom stereocenters. The lowest BCUT2D eigenvalue weighted by molar-refractivity contribution is -0.127. The Bertz CT molecular complexity index is 647. The Morgan fingerprint density at radius 1 is 1.13 bits per heavy atom. The van der Waals surface area contributed by atoms with Crippen LogP contribution in [-0.4, -0.2) is 18.6 Å². The third kappa shape index (κ3) is 5.61. The molecule has 1 amide bonds. The summed E-state index contributed by atoms with van der Waals surface area (Å²) >= 11 is 5.85. The highest BCUT2D eigenvalue weighted by Crippen LogP contribution is 2.17. The molecule has 0 aliphatic rings. The largest absolute Gasteiger partial charge is 0.481 e. The molecule has 0 aliphatic heterocycles. The van der Waals surface area contributed by atoms with Crippen molar-refractivity contribution in [2.45, 2.75) is 33.3 Å². The van der Waals surface area contributed by atoms with Crippen molar-refractivity contribution in [1.82, 2.24) is 5.32 Å². The first-order valence-electron chi connectivity index (χ1n) is 7.71. The van der Waals surface area contributed by atoms with E-state index in [1.807, 2.05) is 50.2 Å². The number of halogens is 1. The van der Waals surface area contributed by atoms with Gasteiger partial charge in [0.25, 0.3) is 5.91 Å². The minimum Gasteiger partial charge on any atom is -0.481 e. The summed E-state index contributed by atoms with van der Waals surface area (Å²) in [6.45, 7) is 6.35. The second-order valence-electron chi connectivity index (χ2n) is 5.75. The zero-order valence-corrected chi connectivity index (χ0v) is 14.5. The Kier molecular flexibility index (Phi) is 6.05. The zero-order valence-electron chi connectivity index (χ0n) is 13.7. The number of rotatable bonds is 6. The summed E-state index contributed by atoms with van der Waals surface area (Å²) in [5.74, 6) is 0.612. The van der Waals surface area contributed by atoms with Gasteiger partial charge in [-0.15, -0.1) is 0 Å². The van der Waals surface area contributed by atoms with Crippen LogP contribution in [0.2, 0.25) is 5.02 Å². The molecule has 2 aromatic rings. The first kappa shape index (κ1) is 17.4. The zero-order chi connectivity index (χ0) is 16.8. The topological polar surface area (TPSA) is 38.3 Å². The lowest BCUT2D eigenvalue weighted by Gasteiger charge is -2.15. The molecule has 0 saturated carbocycles. The molecule has 122 valence electrons. The van der Waals surface area contributed by atoms with Crippen LogP contribution in [-0.2, 0) is 11.2 Å². The molecule has 0 aliphatic carbocycles. The van der Waals surface area contributed by atoms with Gasteiger partial charge in [-0.25, -0.2) is 0 Å². The van der Waals surface area contributed by atoms with E-state index in [0.29, 0.717) is 11.6 Å². The van der Waals surface area contributed by atoms with E-state index in [1.165, 1.54) is 0 Å². The normalized spacial score (nSPS) is 11.8. The Labute approximate surface area is 142 Å². The Morgan fingerprint density at radius 2 is 1.74 bits per heavy atom. The van der Waals surface area contributed by atoms with E-state index in [-0.39, 0.29) is 5.91 Å². The van der Waals surface area contributed by atoms with Gasteiger partial charge < -0.3 is 10.1 Å². The number of carbonyl (C=O) groups excluding carboxylic acids is 1. The summed E-state index contributed by atoms with van der Waals surface area (Å²) in [7, 11) is 0. The maximum Gasteiger partial charge on any atom is 0.260 e. The Balaban J connectivity index is 1.81. The molecule has 1 atom stereocenters. The molecule has 0 bridgehead atoms. The first-order valence-corrected chi connectivity index (χ1v) is 8.09. The van der Waals surface area contributed by atoms with Crippen molar-refractivity contribution in [3.63, 3.8) is 0 Å². The minimum absolute atomic E-state index is 0.113. The van der Waals surface area contributed by atoms with Gasteiger partial charge in [-0.1, -0.05) is 29.8 Å². The second-order valence-corrected chi connectivity index (χ2v) is 6.19. The van der Waals surface area contributed by atoms with Crippen molar-refractivity contribution in [2.75, 3.05) is 6.54 Å². The first-order chi connectivity index (χ1) is 10.9. The van der Waals surface area contributed by atoms with Crippen molar-refractivity contribution < 1.29 is 9.53 Å². The Morgan fingerprint density at radius 3 is 2.35 bits per heavy atom. The van der Waals surface area contributed by atoms with E-state index in [4.69, 9.17) is 16.3 Å². The number of carbonyl (C=O) groups is 1. The standard InChI is InChI=1S/C19H22ClNO2/c1-13-10-14(2)12-18(11-13)23-15(3)19(22)21-9-8-16-4-6-17(20)7-5-16/h4-7,10-12,15H,8-9H2,1-3H3,(H,21,22)/t15-/m0/s1. The summed E-state index contributed by atoms with van der Waals surface area (Å²) in [5, 5.41) is 3.61. The van der Waals surface area contributed by atoms with Crippen LogP contribution < -0.4 is 10.1 Å². The third-order valence-corrected chi connectivity index (χ3v) is 3.76. The molecular formula is C19H22ClNO2. The van der Waals surface area contributed by atoms with E-state index >= 15 is 0 Å². The third-order valence-electron chi connectivity index (χ3n) is 3.50. The van der Waals surface area contributed by atoms with Gasteiger partial charge in [0, 0.05) is 11.6 Å². The number of hydrogen-bond acceptors (Lipinski definition) is 2. The van der Waals surface area contributed by atoms with Crippen LogP contribution in [0.25, 0.3) is 0 Å². The number of amides is 1. The Hall–Kier alpha value is -2.00. The van der Waals surface area contributed by atoms with Crippen LogP contribution in [0.1, 0.15) is 23.6 Å². The monoisotopic (exact) mass is 331 g/mol. The lowest BCUT2D eigenvalue weighted by atomic mass is 10.1. The van der Waals surface area contributed by atoms with Crippen molar-refractivity contribution in [1.29, 1.82) is 0 Å². The number of nitrogens with one attached hydrogen (secondary N) is 1. The van der Waals surface area contributed by atoms with Gasteiger partial charge in [-0.05, 0) is 68.1 Å². The molecule has 0 radical (unpaired) electrons. The van der Waals surface area contributed by atoms with Gasteiger partial charge in [0.05, 0.1) is 0 Å². The van der Waals surface area contributed by atoms with Crippen LogP contribution in [0, 0.1) is 13.8 Å². The number of ether oxygens (including phenoxy) is 1. The molecular weight excluding hydrogens is 310 g/mol. The van der Waals surface area contributed by atoms with Crippen molar-refractivity contribution in [2.24, 2.45) is 0 Å². The molecule has 0 saturated heterocycles. The van der Waals surface area contributed by atoms with Gasteiger partial charge in [-0.2, -0.15) is 0 Å². The van der Waals surface area contributed by atoms with E-state index in [0.717, 1.165) is 28.9 Å². The molecule has 3 nitrogen and oxygen atoms in total. The van der Waals surface area contributed by atoms with Crippen LogP contribution in [0.5, 0.6) is 5.75 Å². The fourth-order valence-electron chi connectivity index (χ4n) is 2.38. The predicted octanol–water partition coefficient (Wildman–Crippen LogP) is 4.08. The SMILES string of the molecule is Cc1cc(C)cc(O[C@@H](C)C(=O)NCCc2ccc(Cl)cc2)c1. The summed E-state index contributed by atoms with van der Waals surface area (Å²) in [6.07, 6.45) is 0.237. The minimum atomic E-state index is -0.526. The smallest absolute Gasteiger partial charge is 0.260 e. The summed E-state index contributed by atoms with van der Waals surface area (Å²) < 4.78 is 5.73. The van der Waals surface area contributed by atoms with Crippen molar-refractivity contribution in [3.05, 3.63) is 64.2 Å². The molecule has 0 spiro atoms. The van der Waals surface area contributed by atoms with Gasteiger partial charge in [0.1, 0.15) is 5.75 Å². The maximum absolute atomic E-state index is 12.1. The lowest BCUT2D eigenvalue weighted by Crippen LogP contribution is -2.37. The molecule has 23 heavy (non-hydrogen) atoms. The van der Waals surface area contributed by atoms with Gasteiger partial charge in [0.15, 0.2) is 6.10 Å². The number of benzene rings is 2. The van der Waals surface area contributed by atoms with Crippen LogP contribution in [0.4, 0.5) is 0 Å². The molecule has 0 heterocycles. The van der Waals surface area contributed by atoms with E-state index in [9.17, 15) is 4.79 Å². The molecule has 1 N–H and O–H groups in total. The highest BCUT2D eigenvalue weighted by Gasteiger charge is 2.14. The molecule has 0 fully saturated rings. The highest BCUT2D eigenvalue weighted by molar-refractivity contribution is 6.30. The average molecular weight is 332 g/mol.